The number of methoxy groups -OCH3 is 1. The molecule has 0 radical (unpaired) electrons. The summed E-state index contributed by atoms with van der Waals surface area (Å²) in [4.78, 5) is 10.3. The van der Waals surface area contributed by atoms with Gasteiger partial charge < -0.3 is 4.74 Å². The second-order valence-electron chi connectivity index (χ2n) is 2.63. The molecule has 0 aliphatic rings. The molecule has 0 saturated heterocycles. The molecule has 0 fully saturated rings. The van der Waals surface area contributed by atoms with Crippen LogP contribution in [0.4, 0.5) is 0 Å². The zero-order valence-corrected chi connectivity index (χ0v) is 10.6. The van der Waals surface area contributed by atoms with E-state index in [0.717, 1.165) is 0 Å². The molecule has 2 nitrogen and oxygen atoms in total. The first-order valence-corrected chi connectivity index (χ1v) is 5.45. The maximum absolute atomic E-state index is 11.5. The zero-order chi connectivity index (χ0) is 11.6. The predicted molar refractivity (Wildman–Crippen MR) is 62.8 cm³/mol. The Kier molecular flexibility index (Phi) is 4.53. The molecule has 15 heavy (non-hydrogen) atoms. The van der Waals surface area contributed by atoms with E-state index in [1.165, 1.54) is 19.2 Å². The lowest BCUT2D eigenvalue weighted by Gasteiger charge is -2.08. The average Bonchev–Trinajstić information content (AvgIpc) is 2.17. The second kappa shape index (κ2) is 5.26. The summed E-state index contributed by atoms with van der Waals surface area (Å²) in [6.45, 7) is 0. The topological polar surface area (TPSA) is 26.3 Å². The van der Waals surface area contributed by atoms with Crippen molar-refractivity contribution in [1.29, 1.82) is 0 Å². The van der Waals surface area contributed by atoms with Gasteiger partial charge in [-0.1, -0.05) is 46.4 Å². The molecular formula is C9H6Cl4O2. The molecule has 1 aromatic rings. The number of benzene rings is 1. The molecule has 82 valence electrons. The summed E-state index contributed by atoms with van der Waals surface area (Å²) in [5.74, 6) is -0.142. The molecular weight excluding hydrogens is 282 g/mol. The summed E-state index contributed by atoms with van der Waals surface area (Å²) in [6.07, 6.45) is 0. The van der Waals surface area contributed by atoms with Crippen molar-refractivity contribution in [3.8, 4) is 5.75 Å². The van der Waals surface area contributed by atoms with Crippen LogP contribution < -0.4 is 4.74 Å². The Balaban J connectivity index is 3.24. The van der Waals surface area contributed by atoms with Gasteiger partial charge in [-0.3, -0.25) is 4.79 Å². The third kappa shape index (κ3) is 2.91. The third-order valence-corrected chi connectivity index (χ3v) is 2.71. The number of rotatable bonds is 3. The van der Waals surface area contributed by atoms with Crippen LogP contribution in [0, 0.1) is 0 Å². The van der Waals surface area contributed by atoms with Gasteiger partial charge in [-0.2, -0.15) is 0 Å². The lowest BCUT2D eigenvalue weighted by atomic mass is 10.1. The van der Waals surface area contributed by atoms with E-state index in [9.17, 15) is 4.79 Å². The standard InChI is InChI=1S/C9H6Cl4O2/c1-15-7-2-4(8(14)9(12)13)5(10)3-6(7)11/h2-3,9H,1H3. The molecule has 0 bridgehead atoms. The van der Waals surface area contributed by atoms with Gasteiger partial charge in [0, 0.05) is 5.56 Å². The molecule has 0 atom stereocenters. The summed E-state index contributed by atoms with van der Waals surface area (Å²) >= 11 is 22.5. The van der Waals surface area contributed by atoms with Gasteiger partial charge in [0.1, 0.15) is 5.75 Å². The Morgan fingerprint density at radius 1 is 1.27 bits per heavy atom. The van der Waals surface area contributed by atoms with Crippen molar-refractivity contribution in [2.45, 2.75) is 4.84 Å². The molecule has 0 heterocycles. The van der Waals surface area contributed by atoms with Crippen molar-refractivity contribution in [2.24, 2.45) is 0 Å². The molecule has 0 unspecified atom stereocenters. The van der Waals surface area contributed by atoms with E-state index >= 15 is 0 Å². The quantitative estimate of drug-likeness (QED) is 0.621. The van der Waals surface area contributed by atoms with Crippen molar-refractivity contribution >= 4 is 52.2 Å². The lowest BCUT2D eigenvalue weighted by Crippen LogP contribution is -2.09. The number of carbonyl (C=O) groups is 1. The molecule has 0 saturated carbocycles. The summed E-state index contributed by atoms with van der Waals surface area (Å²) in [7, 11) is 1.43. The van der Waals surface area contributed by atoms with E-state index in [-0.39, 0.29) is 10.6 Å². The van der Waals surface area contributed by atoms with Crippen molar-refractivity contribution in [3.05, 3.63) is 27.7 Å². The summed E-state index contributed by atoms with van der Waals surface area (Å²) in [5.41, 5.74) is 0.188. The largest absolute Gasteiger partial charge is 0.495 e. The van der Waals surface area contributed by atoms with Gasteiger partial charge in [-0.05, 0) is 12.1 Å². The number of halogens is 4. The van der Waals surface area contributed by atoms with Gasteiger partial charge >= 0.3 is 0 Å². The Morgan fingerprint density at radius 2 is 1.87 bits per heavy atom. The van der Waals surface area contributed by atoms with E-state index in [0.29, 0.717) is 10.8 Å². The number of hydrogen-bond donors (Lipinski definition) is 0. The average molecular weight is 288 g/mol. The minimum Gasteiger partial charge on any atom is -0.495 e. The van der Waals surface area contributed by atoms with Crippen LogP contribution in [0.3, 0.4) is 0 Å². The number of ether oxygens (including phenoxy) is 1. The van der Waals surface area contributed by atoms with Crippen LogP contribution in [0.15, 0.2) is 12.1 Å². The van der Waals surface area contributed by atoms with E-state index < -0.39 is 10.6 Å². The van der Waals surface area contributed by atoms with E-state index in [4.69, 9.17) is 51.1 Å². The van der Waals surface area contributed by atoms with E-state index in [2.05, 4.69) is 0 Å². The van der Waals surface area contributed by atoms with Crippen LogP contribution in [0.25, 0.3) is 0 Å². The Morgan fingerprint density at radius 3 is 2.33 bits per heavy atom. The smallest absolute Gasteiger partial charge is 0.197 e. The number of Topliss-reactive ketones (excluding diaryl/α,β-unsaturated/α-hetero) is 1. The highest BCUT2D eigenvalue weighted by Gasteiger charge is 2.19. The molecule has 0 N–H and O–H groups in total. The first-order valence-electron chi connectivity index (χ1n) is 3.82. The van der Waals surface area contributed by atoms with Crippen molar-refractivity contribution in [2.75, 3.05) is 7.11 Å². The SMILES string of the molecule is COc1cc(C(=O)C(Cl)Cl)c(Cl)cc1Cl. The Bertz CT molecular complexity index is 390. The maximum atomic E-state index is 11.5. The highest BCUT2D eigenvalue weighted by atomic mass is 35.5. The minimum absolute atomic E-state index is 0.188. The van der Waals surface area contributed by atoms with Crippen LogP contribution in [0.2, 0.25) is 10.0 Å². The first kappa shape index (κ1) is 12.9. The van der Waals surface area contributed by atoms with Crippen molar-refractivity contribution < 1.29 is 9.53 Å². The number of alkyl halides is 2. The fourth-order valence-electron chi connectivity index (χ4n) is 0.992. The molecule has 0 spiro atoms. The maximum Gasteiger partial charge on any atom is 0.197 e. The van der Waals surface area contributed by atoms with E-state index in [1.807, 2.05) is 0 Å². The van der Waals surface area contributed by atoms with Gasteiger partial charge in [0.2, 0.25) is 0 Å². The van der Waals surface area contributed by atoms with E-state index in [1.54, 1.807) is 0 Å². The number of ketones is 1. The Labute approximate surface area is 107 Å². The molecule has 0 aromatic heterocycles. The van der Waals surface area contributed by atoms with Crippen LogP contribution >= 0.6 is 46.4 Å². The number of carbonyl (C=O) groups excluding carboxylic acids is 1. The highest BCUT2D eigenvalue weighted by Crippen LogP contribution is 2.32. The molecule has 0 aliphatic carbocycles. The van der Waals surface area contributed by atoms with Gasteiger partial charge in [-0.15, -0.1) is 0 Å². The fraction of sp³-hybridized carbons (Fsp3) is 0.222. The summed E-state index contributed by atoms with van der Waals surface area (Å²) in [5, 5.41) is 0.511. The van der Waals surface area contributed by atoms with Crippen LogP contribution in [0.1, 0.15) is 10.4 Å². The molecule has 1 aromatic carbocycles. The van der Waals surface area contributed by atoms with Crippen LogP contribution in [-0.4, -0.2) is 17.7 Å². The van der Waals surface area contributed by atoms with Crippen molar-refractivity contribution in [3.63, 3.8) is 0 Å². The predicted octanol–water partition coefficient (Wildman–Crippen LogP) is 3.99. The van der Waals surface area contributed by atoms with Gasteiger partial charge in [-0.25, -0.2) is 0 Å². The Hall–Kier alpha value is -0.150. The van der Waals surface area contributed by atoms with Gasteiger partial charge in [0.05, 0.1) is 17.2 Å². The van der Waals surface area contributed by atoms with Crippen LogP contribution in [0.5, 0.6) is 5.75 Å². The first-order chi connectivity index (χ1) is 6.97. The van der Waals surface area contributed by atoms with Crippen molar-refractivity contribution in [1.82, 2.24) is 0 Å². The summed E-state index contributed by atoms with van der Waals surface area (Å²) < 4.78 is 4.94. The third-order valence-electron chi connectivity index (χ3n) is 1.71. The molecule has 6 heteroatoms. The summed E-state index contributed by atoms with van der Waals surface area (Å²) in [6, 6.07) is 2.82. The monoisotopic (exact) mass is 286 g/mol. The molecule has 0 aliphatic heterocycles. The zero-order valence-electron chi connectivity index (χ0n) is 7.56. The number of hydrogen-bond acceptors (Lipinski definition) is 2. The lowest BCUT2D eigenvalue weighted by molar-refractivity contribution is 0.101. The van der Waals surface area contributed by atoms with Gasteiger partial charge in [0.15, 0.2) is 10.6 Å². The van der Waals surface area contributed by atoms with Crippen LogP contribution in [-0.2, 0) is 0 Å². The highest BCUT2D eigenvalue weighted by molar-refractivity contribution is 6.56. The fourth-order valence-corrected chi connectivity index (χ4v) is 1.78. The molecule has 1 rings (SSSR count). The normalized spacial score (nSPS) is 10.5. The van der Waals surface area contributed by atoms with Gasteiger partial charge in [0.25, 0.3) is 0 Å². The minimum atomic E-state index is -1.16. The second-order valence-corrected chi connectivity index (χ2v) is 4.54. The molecule has 0 amide bonds.